The molecule has 1 unspecified atom stereocenters. The van der Waals surface area contributed by atoms with Gasteiger partial charge in [-0.15, -0.1) is 10.2 Å². The summed E-state index contributed by atoms with van der Waals surface area (Å²) in [6.07, 6.45) is 5.37. The van der Waals surface area contributed by atoms with E-state index >= 15 is 0 Å². The van der Waals surface area contributed by atoms with Gasteiger partial charge >= 0.3 is 0 Å². The molecule has 26 heavy (non-hydrogen) atoms. The molecule has 0 bridgehead atoms. The smallest absolute Gasteiger partial charge is 0.191 e. The molecule has 0 aliphatic carbocycles. The van der Waals surface area contributed by atoms with Crippen molar-refractivity contribution in [2.45, 2.75) is 59.5 Å². The maximum absolute atomic E-state index is 4.70. The number of para-hydroxylation sites is 1. The molecule has 2 aromatic rings. The minimum absolute atomic E-state index is 0.388. The number of aliphatic imine (C=N–C) groups is 1. The quantitative estimate of drug-likeness (QED) is 0.533. The molecule has 0 spiro atoms. The minimum Gasteiger partial charge on any atom is -0.357 e. The van der Waals surface area contributed by atoms with E-state index < -0.39 is 0 Å². The number of nitrogens with zero attached hydrogens (tertiary/aromatic N) is 4. The molecule has 1 atom stereocenters. The van der Waals surface area contributed by atoms with Crippen molar-refractivity contribution in [3.05, 3.63) is 42.5 Å². The minimum atomic E-state index is 0.388. The monoisotopic (exact) mass is 356 g/mol. The van der Waals surface area contributed by atoms with Crippen molar-refractivity contribution in [1.82, 2.24) is 25.4 Å². The van der Waals surface area contributed by atoms with Crippen LogP contribution in [0.15, 0.2) is 41.7 Å². The molecule has 0 fully saturated rings. The second kappa shape index (κ2) is 10.6. The first kappa shape index (κ1) is 19.9. The number of nitrogens with one attached hydrogen (secondary N) is 2. The van der Waals surface area contributed by atoms with Crippen LogP contribution < -0.4 is 10.6 Å². The van der Waals surface area contributed by atoms with E-state index in [9.17, 15) is 0 Å². The molecule has 0 aliphatic rings. The number of benzene rings is 1. The molecule has 0 saturated carbocycles. The predicted octanol–water partition coefficient (Wildman–Crippen LogP) is 3.54. The van der Waals surface area contributed by atoms with Crippen molar-refractivity contribution in [1.29, 1.82) is 0 Å². The maximum atomic E-state index is 4.70. The summed E-state index contributed by atoms with van der Waals surface area (Å²) >= 11 is 0. The number of guanidine groups is 1. The first-order valence-electron chi connectivity index (χ1n) is 9.59. The van der Waals surface area contributed by atoms with Gasteiger partial charge in [-0.05, 0) is 38.3 Å². The van der Waals surface area contributed by atoms with Gasteiger partial charge in [0.2, 0.25) is 0 Å². The molecule has 0 aliphatic heterocycles. The highest BCUT2D eigenvalue weighted by atomic mass is 15.3. The van der Waals surface area contributed by atoms with Crippen LogP contribution in [0.1, 0.15) is 52.8 Å². The largest absolute Gasteiger partial charge is 0.357 e. The van der Waals surface area contributed by atoms with Gasteiger partial charge in [-0.25, -0.2) is 4.99 Å². The van der Waals surface area contributed by atoms with E-state index in [4.69, 9.17) is 4.99 Å². The summed E-state index contributed by atoms with van der Waals surface area (Å²) in [4.78, 5) is 4.70. The van der Waals surface area contributed by atoms with Crippen molar-refractivity contribution in [2.75, 3.05) is 6.54 Å². The molecular formula is C20H32N6. The second-order valence-electron chi connectivity index (χ2n) is 7.02. The Morgan fingerprint density at radius 2 is 1.92 bits per heavy atom. The molecule has 2 rings (SSSR count). The van der Waals surface area contributed by atoms with Crippen LogP contribution in [0, 0.1) is 5.92 Å². The lowest BCUT2D eigenvalue weighted by Crippen LogP contribution is -2.42. The van der Waals surface area contributed by atoms with Gasteiger partial charge in [-0.3, -0.25) is 4.57 Å². The van der Waals surface area contributed by atoms with Crippen LogP contribution >= 0.6 is 0 Å². The fourth-order valence-electron chi connectivity index (χ4n) is 2.78. The van der Waals surface area contributed by atoms with Crippen LogP contribution in [0.3, 0.4) is 0 Å². The van der Waals surface area contributed by atoms with Gasteiger partial charge in [-0.2, -0.15) is 0 Å². The Balaban J connectivity index is 1.98. The Morgan fingerprint density at radius 3 is 2.62 bits per heavy atom. The van der Waals surface area contributed by atoms with Crippen molar-refractivity contribution in [3.63, 3.8) is 0 Å². The summed E-state index contributed by atoms with van der Waals surface area (Å²) in [7, 11) is 0. The van der Waals surface area contributed by atoms with Gasteiger partial charge in [0.05, 0.1) is 0 Å². The SMILES string of the molecule is CCNC(=NCc1nncn1-c1ccccc1)NC(C)CCCC(C)C. The van der Waals surface area contributed by atoms with Crippen LogP contribution in [0.5, 0.6) is 0 Å². The fourth-order valence-corrected chi connectivity index (χ4v) is 2.78. The van der Waals surface area contributed by atoms with E-state index in [0.717, 1.165) is 36.4 Å². The van der Waals surface area contributed by atoms with E-state index in [1.807, 2.05) is 34.9 Å². The van der Waals surface area contributed by atoms with Crippen LogP contribution in [0.25, 0.3) is 5.69 Å². The van der Waals surface area contributed by atoms with Crippen LogP contribution in [0.4, 0.5) is 0 Å². The highest BCUT2D eigenvalue weighted by Crippen LogP contribution is 2.10. The highest BCUT2D eigenvalue weighted by molar-refractivity contribution is 5.79. The first-order chi connectivity index (χ1) is 12.6. The Morgan fingerprint density at radius 1 is 1.15 bits per heavy atom. The zero-order valence-corrected chi connectivity index (χ0v) is 16.4. The highest BCUT2D eigenvalue weighted by Gasteiger charge is 2.08. The van der Waals surface area contributed by atoms with Crippen molar-refractivity contribution >= 4 is 5.96 Å². The Labute approximate surface area is 157 Å². The second-order valence-corrected chi connectivity index (χ2v) is 7.02. The summed E-state index contributed by atoms with van der Waals surface area (Å²) in [5.41, 5.74) is 1.04. The molecule has 0 radical (unpaired) electrons. The number of hydrogen-bond acceptors (Lipinski definition) is 3. The van der Waals surface area contributed by atoms with Crippen LogP contribution in [0.2, 0.25) is 0 Å². The van der Waals surface area contributed by atoms with E-state index in [2.05, 4.69) is 48.5 Å². The van der Waals surface area contributed by atoms with E-state index in [1.165, 1.54) is 12.8 Å². The average molecular weight is 357 g/mol. The summed E-state index contributed by atoms with van der Waals surface area (Å²) in [6, 6.07) is 10.5. The van der Waals surface area contributed by atoms with Gasteiger partial charge in [0, 0.05) is 18.3 Å². The zero-order chi connectivity index (χ0) is 18.8. The zero-order valence-electron chi connectivity index (χ0n) is 16.4. The summed E-state index contributed by atoms with van der Waals surface area (Å²) in [5.74, 6) is 2.40. The van der Waals surface area contributed by atoms with Crippen LogP contribution in [-0.4, -0.2) is 33.3 Å². The van der Waals surface area contributed by atoms with Gasteiger partial charge in [0.25, 0.3) is 0 Å². The first-order valence-corrected chi connectivity index (χ1v) is 9.59. The molecule has 6 nitrogen and oxygen atoms in total. The molecule has 1 aromatic heterocycles. The third-order valence-electron chi connectivity index (χ3n) is 4.18. The van der Waals surface area contributed by atoms with Crippen molar-refractivity contribution in [2.24, 2.45) is 10.9 Å². The number of rotatable bonds is 9. The molecule has 0 amide bonds. The fraction of sp³-hybridized carbons (Fsp3) is 0.550. The Kier molecular flexibility index (Phi) is 8.12. The lowest BCUT2D eigenvalue weighted by molar-refractivity contribution is 0.491. The van der Waals surface area contributed by atoms with Gasteiger partial charge in [-0.1, -0.05) is 44.9 Å². The lowest BCUT2D eigenvalue weighted by Gasteiger charge is -2.18. The van der Waals surface area contributed by atoms with Gasteiger partial charge < -0.3 is 10.6 Å². The number of aromatic nitrogens is 3. The van der Waals surface area contributed by atoms with E-state index in [0.29, 0.717) is 12.6 Å². The molecule has 0 saturated heterocycles. The third kappa shape index (κ3) is 6.50. The topological polar surface area (TPSA) is 67.1 Å². The summed E-state index contributed by atoms with van der Waals surface area (Å²) in [6.45, 7) is 10.1. The molecular weight excluding hydrogens is 324 g/mol. The lowest BCUT2D eigenvalue weighted by atomic mass is 10.0. The predicted molar refractivity (Wildman–Crippen MR) is 107 cm³/mol. The Hall–Kier alpha value is -2.37. The standard InChI is InChI=1S/C20H32N6/c1-5-21-20(24-17(4)11-9-10-16(2)3)22-14-19-25-23-15-26(19)18-12-7-6-8-13-18/h6-8,12-13,15-17H,5,9-11,14H2,1-4H3,(H2,21,22,24). The molecule has 6 heteroatoms. The number of hydrogen-bond donors (Lipinski definition) is 2. The summed E-state index contributed by atoms with van der Waals surface area (Å²) in [5, 5.41) is 15.1. The van der Waals surface area contributed by atoms with Crippen LogP contribution in [-0.2, 0) is 6.54 Å². The van der Waals surface area contributed by atoms with Crippen molar-refractivity contribution < 1.29 is 0 Å². The summed E-state index contributed by atoms with van der Waals surface area (Å²) < 4.78 is 1.97. The van der Waals surface area contributed by atoms with Gasteiger partial charge in [0.15, 0.2) is 11.8 Å². The van der Waals surface area contributed by atoms with Gasteiger partial charge in [0.1, 0.15) is 12.9 Å². The van der Waals surface area contributed by atoms with E-state index in [-0.39, 0.29) is 0 Å². The maximum Gasteiger partial charge on any atom is 0.191 e. The molecule has 2 N–H and O–H groups in total. The molecule has 1 heterocycles. The molecule has 1 aromatic carbocycles. The molecule has 142 valence electrons. The van der Waals surface area contributed by atoms with Crippen molar-refractivity contribution in [3.8, 4) is 5.69 Å². The van der Waals surface area contributed by atoms with E-state index in [1.54, 1.807) is 6.33 Å². The average Bonchev–Trinajstić information content (AvgIpc) is 3.09. The third-order valence-corrected chi connectivity index (χ3v) is 4.18. The normalized spacial score (nSPS) is 13.0. The Bertz CT molecular complexity index is 662.